The zero-order valence-corrected chi connectivity index (χ0v) is 15.5. The SMILES string of the molecule is COc1ccc(NC(=S)NC(C)(C)CC(C)(C)C)c(OC)c1. The molecule has 0 aliphatic carbocycles. The molecule has 0 spiro atoms. The highest BCUT2D eigenvalue weighted by Gasteiger charge is 2.26. The van der Waals surface area contributed by atoms with Gasteiger partial charge in [0, 0.05) is 11.6 Å². The third-order valence-corrected chi connectivity index (χ3v) is 3.29. The van der Waals surface area contributed by atoms with Crippen molar-refractivity contribution in [1.82, 2.24) is 5.32 Å². The van der Waals surface area contributed by atoms with E-state index in [1.807, 2.05) is 18.2 Å². The smallest absolute Gasteiger partial charge is 0.171 e. The molecule has 5 heteroatoms. The van der Waals surface area contributed by atoms with Gasteiger partial charge in [-0.25, -0.2) is 0 Å². The maximum atomic E-state index is 5.43. The molecular formula is C17H28N2O2S. The van der Waals surface area contributed by atoms with Crippen LogP contribution < -0.4 is 20.1 Å². The van der Waals surface area contributed by atoms with Gasteiger partial charge in [-0.15, -0.1) is 0 Å². The lowest BCUT2D eigenvalue weighted by molar-refractivity contribution is 0.268. The first kappa shape index (κ1) is 18.6. The zero-order chi connectivity index (χ0) is 17.0. The van der Waals surface area contributed by atoms with Gasteiger partial charge >= 0.3 is 0 Å². The topological polar surface area (TPSA) is 42.5 Å². The quantitative estimate of drug-likeness (QED) is 0.794. The lowest BCUT2D eigenvalue weighted by Gasteiger charge is -2.34. The van der Waals surface area contributed by atoms with Gasteiger partial charge in [0.15, 0.2) is 5.11 Å². The Balaban J connectivity index is 2.77. The second kappa shape index (κ2) is 7.18. The van der Waals surface area contributed by atoms with Gasteiger partial charge in [-0.2, -0.15) is 0 Å². The maximum absolute atomic E-state index is 5.43. The van der Waals surface area contributed by atoms with E-state index in [1.165, 1.54) is 0 Å². The standard InChI is InChI=1S/C17H28N2O2S/c1-16(2,3)11-17(4,5)19-15(22)18-13-9-8-12(20-6)10-14(13)21-7/h8-10H,11H2,1-7H3,(H2,18,19,22). The molecule has 1 aromatic rings. The minimum absolute atomic E-state index is 0.0952. The van der Waals surface area contributed by atoms with Crippen molar-refractivity contribution in [3.63, 3.8) is 0 Å². The van der Waals surface area contributed by atoms with Gasteiger partial charge in [0.25, 0.3) is 0 Å². The second-order valence-corrected chi connectivity index (χ2v) is 7.67. The van der Waals surface area contributed by atoms with E-state index in [4.69, 9.17) is 21.7 Å². The first-order valence-electron chi connectivity index (χ1n) is 7.37. The lowest BCUT2D eigenvalue weighted by atomic mass is 9.82. The maximum Gasteiger partial charge on any atom is 0.171 e. The number of benzene rings is 1. The summed E-state index contributed by atoms with van der Waals surface area (Å²) in [5, 5.41) is 7.15. The molecule has 0 bridgehead atoms. The highest BCUT2D eigenvalue weighted by atomic mass is 32.1. The number of anilines is 1. The number of methoxy groups -OCH3 is 2. The molecule has 0 saturated heterocycles. The van der Waals surface area contributed by atoms with Crippen LogP contribution in [0.5, 0.6) is 11.5 Å². The highest BCUT2D eigenvalue weighted by Crippen LogP contribution is 2.30. The average Bonchev–Trinajstić information content (AvgIpc) is 2.35. The molecule has 124 valence electrons. The van der Waals surface area contributed by atoms with Crippen LogP contribution in [0.4, 0.5) is 5.69 Å². The third kappa shape index (κ3) is 6.10. The van der Waals surface area contributed by atoms with E-state index >= 15 is 0 Å². The number of nitrogens with one attached hydrogen (secondary N) is 2. The van der Waals surface area contributed by atoms with Crippen molar-refractivity contribution in [3.05, 3.63) is 18.2 Å². The molecule has 0 saturated carbocycles. The van der Waals surface area contributed by atoms with Gasteiger partial charge in [-0.1, -0.05) is 20.8 Å². The molecule has 0 heterocycles. The first-order chi connectivity index (χ1) is 10.1. The third-order valence-electron chi connectivity index (χ3n) is 3.08. The Labute approximate surface area is 139 Å². The summed E-state index contributed by atoms with van der Waals surface area (Å²) in [6, 6.07) is 5.58. The molecule has 0 aliphatic rings. The molecular weight excluding hydrogens is 296 g/mol. The first-order valence-corrected chi connectivity index (χ1v) is 7.78. The summed E-state index contributed by atoms with van der Waals surface area (Å²) < 4.78 is 10.6. The molecule has 1 rings (SSSR count). The van der Waals surface area contributed by atoms with Crippen LogP contribution in [0.1, 0.15) is 41.0 Å². The van der Waals surface area contributed by atoms with Crippen molar-refractivity contribution in [2.45, 2.75) is 46.6 Å². The van der Waals surface area contributed by atoms with E-state index in [1.54, 1.807) is 14.2 Å². The van der Waals surface area contributed by atoms with Crippen molar-refractivity contribution < 1.29 is 9.47 Å². The molecule has 1 aromatic carbocycles. The Bertz CT molecular complexity index is 522. The van der Waals surface area contributed by atoms with Crippen LogP contribution in [0.15, 0.2) is 18.2 Å². The Morgan fingerprint density at radius 1 is 1.09 bits per heavy atom. The highest BCUT2D eigenvalue weighted by molar-refractivity contribution is 7.80. The van der Waals surface area contributed by atoms with Crippen LogP contribution in [0.3, 0.4) is 0 Å². The summed E-state index contributed by atoms with van der Waals surface area (Å²) in [6.07, 6.45) is 1.00. The van der Waals surface area contributed by atoms with Crippen LogP contribution in [0.25, 0.3) is 0 Å². The summed E-state index contributed by atoms with van der Waals surface area (Å²) in [5.41, 5.74) is 0.943. The summed E-state index contributed by atoms with van der Waals surface area (Å²) in [4.78, 5) is 0. The fourth-order valence-corrected chi connectivity index (χ4v) is 3.12. The van der Waals surface area contributed by atoms with Crippen molar-refractivity contribution in [2.75, 3.05) is 19.5 Å². The predicted molar refractivity (Wildman–Crippen MR) is 97.1 cm³/mol. The van der Waals surface area contributed by atoms with Crippen LogP contribution in [0.2, 0.25) is 0 Å². The van der Waals surface area contributed by atoms with E-state index in [9.17, 15) is 0 Å². The number of ether oxygens (including phenoxy) is 2. The van der Waals surface area contributed by atoms with Crippen LogP contribution in [-0.2, 0) is 0 Å². The van der Waals surface area contributed by atoms with Gasteiger partial charge < -0.3 is 20.1 Å². The molecule has 0 atom stereocenters. The Morgan fingerprint density at radius 2 is 1.73 bits per heavy atom. The zero-order valence-electron chi connectivity index (χ0n) is 14.7. The van der Waals surface area contributed by atoms with Gasteiger partial charge in [0.2, 0.25) is 0 Å². The summed E-state index contributed by atoms with van der Waals surface area (Å²) in [6.45, 7) is 11.0. The second-order valence-electron chi connectivity index (χ2n) is 7.27. The molecule has 0 amide bonds. The van der Waals surface area contributed by atoms with Crippen molar-refractivity contribution in [3.8, 4) is 11.5 Å². The number of thiocarbonyl (C=S) groups is 1. The molecule has 4 nitrogen and oxygen atoms in total. The Kier molecular flexibility index (Phi) is 6.06. The van der Waals surface area contributed by atoms with E-state index < -0.39 is 0 Å². The molecule has 0 aliphatic heterocycles. The van der Waals surface area contributed by atoms with E-state index in [-0.39, 0.29) is 11.0 Å². The van der Waals surface area contributed by atoms with Gasteiger partial charge in [0.1, 0.15) is 11.5 Å². The Morgan fingerprint density at radius 3 is 2.23 bits per heavy atom. The van der Waals surface area contributed by atoms with Gasteiger partial charge in [0.05, 0.1) is 19.9 Å². The number of hydrogen-bond donors (Lipinski definition) is 2. The van der Waals surface area contributed by atoms with Crippen molar-refractivity contribution >= 4 is 23.0 Å². The monoisotopic (exact) mass is 324 g/mol. The number of hydrogen-bond acceptors (Lipinski definition) is 3. The van der Waals surface area contributed by atoms with E-state index in [0.29, 0.717) is 10.9 Å². The van der Waals surface area contributed by atoms with Crippen LogP contribution >= 0.6 is 12.2 Å². The van der Waals surface area contributed by atoms with Gasteiger partial charge in [-0.05, 0) is 50.0 Å². The molecule has 0 fully saturated rings. The van der Waals surface area contributed by atoms with Crippen molar-refractivity contribution in [2.24, 2.45) is 5.41 Å². The molecule has 2 N–H and O–H groups in total. The average molecular weight is 324 g/mol. The van der Waals surface area contributed by atoms with Gasteiger partial charge in [-0.3, -0.25) is 0 Å². The molecule has 0 aromatic heterocycles. The normalized spacial score (nSPS) is 11.8. The molecule has 0 radical (unpaired) electrons. The van der Waals surface area contributed by atoms with Crippen LogP contribution in [0, 0.1) is 5.41 Å². The molecule has 22 heavy (non-hydrogen) atoms. The van der Waals surface area contributed by atoms with E-state index in [2.05, 4.69) is 45.3 Å². The Hall–Kier alpha value is -1.49. The summed E-state index contributed by atoms with van der Waals surface area (Å²) >= 11 is 5.43. The number of rotatable bonds is 5. The fraction of sp³-hybridized carbons (Fsp3) is 0.588. The molecule has 0 unspecified atom stereocenters. The summed E-state index contributed by atoms with van der Waals surface area (Å²) in [7, 11) is 3.25. The predicted octanol–water partition coefficient (Wildman–Crippen LogP) is 4.21. The minimum Gasteiger partial charge on any atom is -0.497 e. The van der Waals surface area contributed by atoms with Crippen LogP contribution in [-0.4, -0.2) is 24.9 Å². The lowest BCUT2D eigenvalue weighted by Crippen LogP contribution is -2.47. The minimum atomic E-state index is -0.0952. The van der Waals surface area contributed by atoms with E-state index in [0.717, 1.165) is 17.9 Å². The largest absolute Gasteiger partial charge is 0.497 e. The summed E-state index contributed by atoms with van der Waals surface area (Å²) in [5.74, 6) is 1.44. The fourth-order valence-electron chi connectivity index (χ4n) is 2.73. The van der Waals surface area contributed by atoms with Crippen molar-refractivity contribution in [1.29, 1.82) is 0 Å².